The number of nitrogen functional groups attached to an aromatic ring is 1. The van der Waals surface area contributed by atoms with Crippen molar-refractivity contribution in [3.8, 4) is 0 Å². The lowest BCUT2D eigenvalue weighted by Crippen LogP contribution is -2.67. The molecule has 4 aliphatic heterocycles. The number of fused-ring (bicyclic) bond motifs is 6. The van der Waals surface area contributed by atoms with Crippen LogP contribution in [0.25, 0.3) is 0 Å². The van der Waals surface area contributed by atoms with Crippen LogP contribution in [0.15, 0.2) is 48.5 Å². The number of carbonyl (C=O) groups excluding carboxylic acids is 3. The van der Waals surface area contributed by atoms with E-state index in [9.17, 15) is 19.5 Å². The van der Waals surface area contributed by atoms with Gasteiger partial charge in [-0.25, -0.2) is 0 Å². The number of hydrogen-bond acceptors (Lipinski definition) is 7. The van der Waals surface area contributed by atoms with Crippen LogP contribution in [0.1, 0.15) is 73.4 Å². The topological polar surface area (TPSA) is 125 Å². The molecule has 1 aliphatic carbocycles. The molecule has 0 spiro atoms. The van der Waals surface area contributed by atoms with E-state index in [4.69, 9.17) is 10.5 Å². The Morgan fingerprint density at radius 2 is 1.91 bits per heavy atom. The summed E-state index contributed by atoms with van der Waals surface area (Å²) in [5, 5.41) is 15.5. The predicted molar refractivity (Wildman–Crippen MR) is 161 cm³/mol. The lowest BCUT2D eigenvalue weighted by Gasteiger charge is -2.52. The van der Waals surface area contributed by atoms with E-state index < -0.39 is 28.9 Å². The first kappa shape index (κ1) is 28.5. The Morgan fingerprint density at radius 3 is 2.67 bits per heavy atom. The second kappa shape index (κ2) is 9.87. The van der Waals surface area contributed by atoms with Gasteiger partial charge in [0.15, 0.2) is 11.6 Å². The Morgan fingerprint density at radius 1 is 1.14 bits per heavy atom. The average molecular weight is 587 g/mol. The summed E-state index contributed by atoms with van der Waals surface area (Å²) in [4.78, 5) is 45.0. The third-order valence-corrected chi connectivity index (χ3v) is 11.2. The zero-order valence-electron chi connectivity index (χ0n) is 25.2. The van der Waals surface area contributed by atoms with Crippen LogP contribution in [0.4, 0.5) is 5.69 Å². The number of ether oxygens (including phenoxy) is 1. The molecule has 8 atom stereocenters. The van der Waals surface area contributed by atoms with Crippen molar-refractivity contribution in [3.63, 3.8) is 0 Å². The molecule has 2 unspecified atom stereocenters. The number of benzene rings is 2. The van der Waals surface area contributed by atoms with E-state index in [1.54, 1.807) is 6.07 Å². The van der Waals surface area contributed by atoms with E-state index in [1.165, 1.54) is 0 Å². The number of nitrogens with zero attached hydrogens (tertiary/aromatic N) is 2. The van der Waals surface area contributed by atoms with E-state index >= 15 is 0 Å². The first-order valence-electron chi connectivity index (χ1n) is 15.6. The summed E-state index contributed by atoms with van der Waals surface area (Å²) in [6.45, 7) is 4.90. The molecule has 0 aromatic heterocycles. The Bertz CT molecular complexity index is 1480. The van der Waals surface area contributed by atoms with Gasteiger partial charge in [0.2, 0.25) is 11.8 Å². The fourth-order valence-electron chi connectivity index (χ4n) is 9.23. The van der Waals surface area contributed by atoms with Crippen LogP contribution in [0, 0.1) is 17.3 Å². The van der Waals surface area contributed by atoms with Crippen LogP contribution in [-0.4, -0.2) is 76.2 Å². The molecule has 4 N–H and O–H groups in total. The van der Waals surface area contributed by atoms with Gasteiger partial charge in [-0.15, -0.1) is 0 Å². The molecule has 0 bridgehead atoms. The van der Waals surface area contributed by atoms with Gasteiger partial charge in [0.25, 0.3) is 0 Å². The largest absolute Gasteiger partial charge is 0.398 e. The quantitative estimate of drug-likeness (QED) is 0.471. The van der Waals surface area contributed by atoms with E-state index in [0.717, 1.165) is 17.5 Å². The number of hydrogen-bond donors (Lipinski definition) is 3. The number of carbonyl (C=O) groups is 3. The zero-order chi connectivity index (χ0) is 30.3. The first-order valence-corrected chi connectivity index (χ1v) is 15.6. The minimum Gasteiger partial charge on any atom is -0.398 e. The molecule has 228 valence electrons. The maximum Gasteiger partial charge on any atom is 0.229 e. The van der Waals surface area contributed by atoms with Crippen molar-refractivity contribution in [1.82, 2.24) is 15.1 Å². The minimum atomic E-state index is -1.56. The van der Waals surface area contributed by atoms with Crippen molar-refractivity contribution in [2.75, 3.05) is 25.9 Å². The molecule has 7 rings (SSSR count). The predicted octanol–water partition coefficient (Wildman–Crippen LogP) is 3.07. The average Bonchev–Trinajstić information content (AvgIpc) is 3.57. The fraction of sp³-hybridized carbons (Fsp3) is 0.559. The van der Waals surface area contributed by atoms with Crippen LogP contribution >= 0.6 is 0 Å². The van der Waals surface area contributed by atoms with Crippen molar-refractivity contribution >= 4 is 23.3 Å². The maximum absolute atomic E-state index is 14.0. The molecule has 4 heterocycles. The van der Waals surface area contributed by atoms with E-state index in [-0.39, 0.29) is 35.5 Å². The van der Waals surface area contributed by atoms with Gasteiger partial charge < -0.3 is 30.7 Å². The summed E-state index contributed by atoms with van der Waals surface area (Å²) in [6, 6.07) is 15.1. The molecule has 4 saturated heterocycles. The van der Waals surface area contributed by atoms with E-state index in [1.807, 2.05) is 68.3 Å². The second-order valence-electron chi connectivity index (χ2n) is 14.1. The Kier molecular flexibility index (Phi) is 6.54. The Hall–Kier alpha value is -3.27. The smallest absolute Gasteiger partial charge is 0.229 e. The normalized spacial score (nSPS) is 38.7. The van der Waals surface area contributed by atoms with Crippen LogP contribution in [0.3, 0.4) is 0 Å². The maximum atomic E-state index is 14.0. The number of nitrogens with one attached hydrogen (secondary N) is 1. The number of piperidine rings is 2. The summed E-state index contributed by atoms with van der Waals surface area (Å²) < 4.78 is 6.57. The van der Waals surface area contributed by atoms with E-state index in [0.29, 0.717) is 56.4 Å². The van der Waals surface area contributed by atoms with Crippen molar-refractivity contribution in [2.24, 2.45) is 17.3 Å². The molecular weight excluding hydrogens is 544 g/mol. The first-order chi connectivity index (χ1) is 20.4. The lowest BCUT2D eigenvalue weighted by molar-refractivity contribution is -0.289. The van der Waals surface area contributed by atoms with Crippen molar-refractivity contribution in [3.05, 3.63) is 65.2 Å². The zero-order valence-corrected chi connectivity index (χ0v) is 25.2. The highest BCUT2D eigenvalue weighted by Gasteiger charge is 2.70. The van der Waals surface area contributed by atoms with E-state index in [2.05, 4.69) is 10.2 Å². The molecule has 43 heavy (non-hydrogen) atoms. The Balaban J connectivity index is 1.15. The van der Waals surface area contributed by atoms with Crippen LogP contribution in [0.5, 0.6) is 0 Å². The van der Waals surface area contributed by atoms with Gasteiger partial charge in [-0.2, -0.15) is 0 Å². The van der Waals surface area contributed by atoms with Crippen LogP contribution < -0.4 is 11.1 Å². The van der Waals surface area contributed by atoms with Gasteiger partial charge in [0.1, 0.15) is 5.72 Å². The van der Waals surface area contributed by atoms with Crippen molar-refractivity contribution < 1.29 is 24.2 Å². The van der Waals surface area contributed by atoms with Gasteiger partial charge >= 0.3 is 0 Å². The number of aliphatic hydroxyl groups is 1. The van der Waals surface area contributed by atoms with Gasteiger partial charge in [-0.3, -0.25) is 14.4 Å². The second-order valence-corrected chi connectivity index (χ2v) is 14.1. The highest BCUT2D eigenvalue weighted by atomic mass is 16.7. The monoisotopic (exact) mass is 586 g/mol. The summed E-state index contributed by atoms with van der Waals surface area (Å²) in [5.74, 6) is -2.42. The van der Waals surface area contributed by atoms with Gasteiger partial charge in [0, 0.05) is 55.1 Å². The van der Waals surface area contributed by atoms with Crippen molar-refractivity contribution in [1.29, 1.82) is 0 Å². The molecule has 4 fully saturated rings. The molecule has 2 aromatic rings. The number of anilines is 1. The molecule has 5 aliphatic rings. The lowest BCUT2D eigenvalue weighted by atomic mass is 9.63. The highest BCUT2D eigenvalue weighted by Crippen LogP contribution is 2.58. The number of ketones is 1. The molecule has 0 saturated carbocycles. The minimum absolute atomic E-state index is 0.00796. The molecule has 9 heteroatoms. The third-order valence-electron chi connectivity index (χ3n) is 11.2. The summed E-state index contributed by atoms with van der Waals surface area (Å²) >= 11 is 0. The summed E-state index contributed by atoms with van der Waals surface area (Å²) in [6.07, 6.45) is 3.27. The molecule has 2 aromatic carbocycles. The van der Waals surface area contributed by atoms with Crippen LogP contribution in [-0.2, 0) is 20.7 Å². The van der Waals surface area contributed by atoms with Gasteiger partial charge in [-0.05, 0) is 63.8 Å². The highest BCUT2D eigenvalue weighted by molar-refractivity contribution is 6.04. The van der Waals surface area contributed by atoms with Crippen molar-refractivity contribution in [2.45, 2.75) is 81.9 Å². The molecule has 9 nitrogen and oxygen atoms in total. The SMILES string of the molecule is CN1C[C@H](C(=O)N[C@@]2(C)CC3[C@@](O)(O2)C2CCCN2C(=O)[C@]3(C)Cc2ccccc2)C[C@@H]2c3cccc(N)c3C(=O)C[C@H]21. The van der Waals surface area contributed by atoms with Gasteiger partial charge in [-0.1, -0.05) is 42.5 Å². The summed E-state index contributed by atoms with van der Waals surface area (Å²) in [5.41, 5.74) is 7.22. The number of likely N-dealkylation sites (tertiary alicyclic amines) is 1. The Labute approximate surface area is 252 Å². The standard InChI is InChI=1S/C34H42N4O5/c1-32(17-20-9-5-4-6-10-20)27-18-33(2,43-34(27,42)28-13-8-14-38(28)31(32)41)36-30(40)21-15-23-22-11-7-12-24(35)29(22)26(39)16-25(23)37(3)19-21/h4-7,9-12,21,23,25,27-28,42H,8,13-19,35H2,1-3H3,(H,36,40)/t21-,23-,25-,27?,28?,32-,33-,34-/m1/s1. The number of likely N-dealkylation sites (N-methyl/N-ethyl adjacent to an activating group) is 1. The summed E-state index contributed by atoms with van der Waals surface area (Å²) in [7, 11) is 1.97. The number of nitrogens with two attached hydrogens (primary N) is 1. The molecule has 0 radical (unpaired) electrons. The number of amides is 2. The number of rotatable bonds is 4. The van der Waals surface area contributed by atoms with Gasteiger partial charge in [0.05, 0.1) is 17.4 Å². The fourth-order valence-corrected chi connectivity index (χ4v) is 9.23. The molecule has 2 amide bonds. The molecular formula is C34H42N4O5. The number of Topliss-reactive ketones (excluding diaryl/α,β-unsaturated/α-hetero) is 1. The third kappa shape index (κ3) is 4.34. The van der Waals surface area contributed by atoms with Crippen LogP contribution in [0.2, 0.25) is 0 Å².